The van der Waals surface area contributed by atoms with Crippen molar-refractivity contribution in [1.29, 1.82) is 5.26 Å². The maximum Gasteiger partial charge on any atom is 0.294 e. The molecular formula is C27H24Cl2N6O5. The lowest BCUT2D eigenvalue weighted by Gasteiger charge is -2.30. The van der Waals surface area contributed by atoms with Gasteiger partial charge in [0.25, 0.3) is 11.0 Å². The van der Waals surface area contributed by atoms with E-state index in [1.54, 1.807) is 23.2 Å². The maximum absolute atomic E-state index is 13.4. The topological polar surface area (TPSA) is 136 Å². The van der Waals surface area contributed by atoms with Crippen LogP contribution < -0.4 is 10.2 Å². The van der Waals surface area contributed by atoms with E-state index in [9.17, 15) is 14.9 Å². The van der Waals surface area contributed by atoms with E-state index >= 15 is 0 Å². The Bertz CT molecular complexity index is 1500. The van der Waals surface area contributed by atoms with Gasteiger partial charge in [0.1, 0.15) is 11.8 Å². The second-order valence-electron chi connectivity index (χ2n) is 8.73. The highest BCUT2D eigenvalue weighted by atomic mass is 35.5. The van der Waals surface area contributed by atoms with Gasteiger partial charge < -0.3 is 9.57 Å². The Morgan fingerprint density at radius 2 is 1.93 bits per heavy atom. The van der Waals surface area contributed by atoms with Gasteiger partial charge in [-0.05, 0) is 43.2 Å². The fourth-order valence-corrected chi connectivity index (χ4v) is 4.70. The predicted molar refractivity (Wildman–Crippen MR) is 147 cm³/mol. The van der Waals surface area contributed by atoms with E-state index in [-0.39, 0.29) is 11.4 Å². The summed E-state index contributed by atoms with van der Waals surface area (Å²) in [6, 6.07) is 14.3. The van der Waals surface area contributed by atoms with Gasteiger partial charge in [-0.15, -0.1) is 10.1 Å². The van der Waals surface area contributed by atoms with Crippen molar-refractivity contribution in [2.45, 2.75) is 31.8 Å². The molecule has 3 aromatic rings. The number of halogens is 2. The summed E-state index contributed by atoms with van der Waals surface area (Å²) >= 11 is 12.6. The van der Waals surface area contributed by atoms with Crippen LogP contribution in [0, 0.1) is 33.3 Å². The van der Waals surface area contributed by atoms with Crippen LogP contribution in [0.5, 0.6) is 5.75 Å². The lowest BCUT2D eigenvalue weighted by atomic mass is 10.1. The van der Waals surface area contributed by atoms with E-state index in [2.05, 4.69) is 33.3 Å². The second-order valence-corrected chi connectivity index (χ2v) is 9.58. The van der Waals surface area contributed by atoms with E-state index in [1.165, 1.54) is 11.8 Å². The highest BCUT2D eigenvalue weighted by Gasteiger charge is 2.29. The number of hydrazine groups is 1. The number of carbonyl (C=O) groups excluding carboxylic acids is 1. The minimum Gasteiger partial charge on any atom is -0.492 e. The molecule has 40 heavy (non-hydrogen) atoms. The van der Waals surface area contributed by atoms with Crippen LogP contribution in [0.3, 0.4) is 0 Å². The first kappa shape index (κ1) is 28.7. The first-order valence-corrected chi connectivity index (χ1v) is 13.0. The minimum atomic E-state index is -0.798. The first-order valence-electron chi connectivity index (χ1n) is 12.3. The van der Waals surface area contributed by atoms with Crippen LogP contribution in [0.1, 0.15) is 41.7 Å². The summed E-state index contributed by atoms with van der Waals surface area (Å²) in [4.78, 5) is 28.7. The molecule has 4 rings (SSSR count). The van der Waals surface area contributed by atoms with Crippen LogP contribution in [0.4, 0.5) is 0 Å². The number of nitriles is 1. The molecule has 0 saturated carbocycles. The van der Waals surface area contributed by atoms with Crippen molar-refractivity contribution >= 4 is 29.1 Å². The molecule has 1 amide bonds. The number of piperidine rings is 1. The summed E-state index contributed by atoms with van der Waals surface area (Å²) in [5.41, 5.74) is 5.25. The number of unbranched alkanes of at least 4 members (excludes halogenated alkanes) is 1. The van der Waals surface area contributed by atoms with Crippen LogP contribution in [0.15, 0.2) is 42.5 Å². The first-order chi connectivity index (χ1) is 19.3. The van der Waals surface area contributed by atoms with Crippen molar-refractivity contribution in [2.24, 2.45) is 0 Å². The lowest BCUT2D eigenvalue weighted by molar-refractivity contribution is -0.769. The molecule has 1 aromatic heterocycles. The number of hydrogen-bond acceptors (Lipinski definition) is 8. The number of ether oxygens (including phenoxy) is 1. The third kappa shape index (κ3) is 6.82. The molecule has 0 radical (unpaired) electrons. The molecule has 0 spiro atoms. The molecule has 1 aliphatic rings. The average Bonchev–Trinajstić information content (AvgIpc) is 3.32. The Morgan fingerprint density at radius 3 is 2.55 bits per heavy atom. The quantitative estimate of drug-likeness (QED) is 0.173. The number of aromatic nitrogens is 2. The van der Waals surface area contributed by atoms with E-state index < -0.39 is 17.1 Å². The minimum absolute atomic E-state index is 0.0209. The molecule has 13 heteroatoms. The zero-order chi connectivity index (χ0) is 28.6. The molecule has 2 aromatic carbocycles. The van der Waals surface area contributed by atoms with Crippen molar-refractivity contribution < 1.29 is 19.5 Å². The van der Waals surface area contributed by atoms with Crippen LogP contribution >= 0.6 is 23.2 Å². The van der Waals surface area contributed by atoms with Gasteiger partial charge in [0.2, 0.25) is 0 Å². The number of rotatable bonds is 8. The van der Waals surface area contributed by atoms with Gasteiger partial charge in [-0.25, -0.2) is 9.69 Å². The summed E-state index contributed by atoms with van der Waals surface area (Å²) in [6.07, 6.45) is 1.08. The zero-order valence-electron chi connectivity index (χ0n) is 21.4. The Labute approximate surface area is 240 Å². The Balaban J connectivity index is 1.68. The van der Waals surface area contributed by atoms with Gasteiger partial charge in [0.05, 0.1) is 23.9 Å². The number of carbonyl (C=O) groups is 1. The highest BCUT2D eigenvalue weighted by molar-refractivity contribution is 6.35. The summed E-state index contributed by atoms with van der Waals surface area (Å²) in [5, 5.41) is 25.5. The monoisotopic (exact) mass is 582 g/mol. The Hall–Kier alpha value is -4.29. The van der Waals surface area contributed by atoms with Gasteiger partial charge in [-0.3, -0.25) is 10.2 Å². The van der Waals surface area contributed by atoms with Crippen molar-refractivity contribution in [3.8, 4) is 40.6 Å². The molecule has 1 N–H and O–H groups in total. The molecule has 2 heterocycles. The van der Waals surface area contributed by atoms with E-state index in [1.807, 2.05) is 24.3 Å². The van der Waals surface area contributed by atoms with Gasteiger partial charge in [-0.2, -0.15) is 10.4 Å². The van der Waals surface area contributed by atoms with Gasteiger partial charge in [0, 0.05) is 42.1 Å². The smallest absolute Gasteiger partial charge is 0.294 e. The van der Waals surface area contributed by atoms with Gasteiger partial charge >= 0.3 is 0 Å². The average molecular weight is 583 g/mol. The van der Waals surface area contributed by atoms with Crippen LogP contribution in [-0.2, 0) is 4.84 Å². The van der Waals surface area contributed by atoms with Gasteiger partial charge in [0.15, 0.2) is 11.4 Å². The van der Waals surface area contributed by atoms with Crippen molar-refractivity contribution in [1.82, 2.24) is 20.2 Å². The number of methoxy groups -OCH3 is 1. The van der Waals surface area contributed by atoms with E-state index in [0.717, 1.165) is 5.56 Å². The van der Waals surface area contributed by atoms with E-state index in [4.69, 9.17) is 33.2 Å². The zero-order valence-corrected chi connectivity index (χ0v) is 22.9. The number of nitrogens with zero attached hydrogens (tertiary/aromatic N) is 5. The SMILES string of the molecule is COc1c(C(=O)NN2CCC(O[N+](=O)[O-])CC2)nn(-c2ccc(Cl)cc2Cl)c1-c1ccc(C#CCCC#N)cc1. The van der Waals surface area contributed by atoms with Crippen molar-refractivity contribution in [3.05, 3.63) is 73.9 Å². The summed E-state index contributed by atoms with van der Waals surface area (Å²) in [6.45, 7) is 0.722. The lowest BCUT2D eigenvalue weighted by Crippen LogP contribution is -2.48. The third-order valence-corrected chi connectivity index (χ3v) is 6.63. The van der Waals surface area contributed by atoms with Gasteiger partial charge in [-0.1, -0.05) is 47.2 Å². The summed E-state index contributed by atoms with van der Waals surface area (Å²) in [7, 11) is 1.45. The van der Waals surface area contributed by atoms with E-state index in [0.29, 0.717) is 65.8 Å². The fraction of sp³-hybridized carbons (Fsp3) is 0.296. The van der Waals surface area contributed by atoms with Crippen LogP contribution in [0.25, 0.3) is 16.9 Å². The molecule has 0 unspecified atom stereocenters. The van der Waals surface area contributed by atoms with Crippen LogP contribution in [-0.4, -0.2) is 52.1 Å². The molecular weight excluding hydrogens is 559 g/mol. The summed E-state index contributed by atoms with van der Waals surface area (Å²) < 4.78 is 7.23. The molecule has 0 bridgehead atoms. The summed E-state index contributed by atoms with van der Waals surface area (Å²) in [5.74, 6) is 5.69. The standard InChI is InChI=1S/C27H24Cl2N6O5/c1-39-26-24(27(36)32-33-15-12-21(13-16-33)40-35(37)38)31-34(23-11-10-20(28)17-22(23)29)25(26)19-8-6-18(7-9-19)5-3-2-4-14-30/h6-11,17,21H,2,4,12-13,15-16H2,1H3,(H,32,36). The number of hydrogen-bond donors (Lipinski definition) is 1. The molecule has 1 aliphatic heterocycles. The molecule has 11 nitrogen and oxygen atoms in total. The third-order valence-electron chi connectivity index (χ3n) is 6.09. The van der Waals surface area contributed by atoms with Crippen LogP contribution in [0.2, 0.25) is 10.0 Å². The largest absolute Gasteiger partial charge is 0.492 e. The predicted octanol–water partition coefficient (Wildman–Crippen LogP) is 4.83. The highest BCUT2D eigenvalue weighted by Crippen LogP contribution is 2.37. The normalized spacial score (nSPS) is 13.6. The fourth-order valence-electron chi connectivity index (χ4n) is 4.21. The van der Waals surface area contributed by atoms with Crippen molar-refractivity contribution in [3.63, 3.8) is 0 Å². The number of benzene rings is 2. The molecule has 1 saturated heterocycles. The second kappa shape index (κ2) is 13.2. The Morgan fingerprint density at radius 1 is 1.20 bits per heavy atom. The molecule has 206 valence electrons. The van der Waals surface area contributed by atoms with Crippen molar-refractivity contribution in [2.75, 3.05) is 20.2 Å². The maximum atomic E-state index is 13.4. The Kier molecular flexibility index (Phi) is 9.46. The molecule has 0 aliphatic carbocycles. The molecule has 1 fully saturated rings. The number of nitrogens with one attached hydrogen (secondary N) is 1. The molecule has 0 atom stereocenters. The number of amides is 1.